The van der Waals surface area contributed by atoms with Crippen molar-refractivity contribution >= 4 is 27.5 Å². The van der Waals surface area contributed by atoms with Crippen molar-refractivity contribution in [3.8, 4) is 0 Å². The maximum Gasteiger partial charge on any atom is 0.224 e. The third kappa shape index (κ3) is 10.5. The molecule has 0 aliphatic heterocycles. The number of halogens is 1. The Morgan fingerprint density at radius 3 is 1.96 bits per heavy atom. The number of para-hydroxylation sites is 1. The van der Waals surface area contributed by atoms with E-state index < -0.39 is 0 Å². The van der Waals surface area contributed by atoms with Gasteiger partial charge in [0, 0.05) is 10.9 Å². The number of nitrogens with one attached hydrogen (secondary N) is 1. The molecule has 0 saturated carbocycles. The third-order valence-corrected chi connectivity index (χ3v) is 4.85. The molecule has 0 heterocycles. The first-order valence-corrected chi connectivity index (χ1v) is 10.1. The van der Waals surface area contributed by atoms with E-state index in [1.165, 1.54) is 64.2 Å². The average Bonchev–Trinajstić information content (AvgIpc) is 2.55. The summed E-state index contributed by atoms with van der Waals surface area (Å²) in [7, 11) is 0. The van der Waals surface area contributed by atoms with Crippen molar-refractivity contribution in [3.63, 3.8) is 0 Å². The molecule has 0 aromatic heterocycles. The first-order chi connectivity index (χ1) is 11.2. The molecule has 0 radical (unpaired) electrons. The molecule has 23 heavy (non-hydrogen) atoms. The highest BCUT2D eigenvalue weighted by molar-refractivity contribution is 9.10. The number of carbonyl (C=O) groups is 1. The van der Waals surface area contributed by atoms with Crippen molar-refractivity contribution in [2.24, 2.45) is 0 Å². The Morgan fingerprint density at radius 2 is 1.39 bits per heavy atom. The summed E-state index contributed by atoms with van der Waals surface area (Å²) in [6.07, 6.45) is 15.0. The molecule has 130 valence electrons. The Hall–Kier alpha value is -0.830. The number of hydrogen-bond donors (Lipinski definition) is 1. The van der Waals surface area contributed by atoms with E-state index in [9.17, 15) is 4.79 Å². The van der Waals surface area contributed by atoms with E-state index in [1.807, 2.05) is 24.3 Å². The Morgan fingerprint density at radius 1 is 0.870 bits per heavy atom. The van der Waals surface area contributed by atoms with Gasteiger partial charge in [-0.2, -0.15) is 0 Å². The van der Waals surface area contributed by atoms with Crippen molar-refractivity contribution < 1.29 is 4.79 Å². The molecule has 0 spiro atoms. The molecule has 1 aromatic rings. The van der Waals surface area contributed by atoms with Crippen LogP contribution < -0.4 is 5.32 Å². The number of unbranched alkanes of at least 4 members (excludes halogenated alkanes) is 10. The average molecular weight is 382 g/mol. The lowest BCUT2D eigenvalue weighted by Crippen LogP contribution is -2.11. The lowest BCUT2D eigenvalue weighted by molar-refractivity contribution is -0.116. The minimum Gasteiger partial charge on any atom is -0.325 e. The van der Waals surface area contributed by atoms with Crippen molar-refractivity contribution in [2.75, 3.05) is 5.32 Å². The van der Waals surface area contributed by atoms with Crippen molar-refractivity contribution in [3.05, 3.63) is 28.7 Å². The van der Waals surface area contributed by atoms with Crippen LogP contribution in [0.2, 0.25) is 0 Å². The number of anilines is 1. The zero-order chi connectivity index (χ0) is 16.8. The van der Waals surface area contributed by atoms with Crippen molar-refractivity contribution in [1.29, 1.82) is 0 Å². The van der Waals surface area contributed by atoms with Crippen LogP contribution in [0.5, 0.6) is 0 Å². The summed E-state index contributed by atoms with van der Waals surface area (Å²) < 4.78 is 0.937. The summed E-state index contributed by atoms with van der Waals surface area (Å²) in [5.74, 6) is 0.118. The SMILES string of the molecule is CCCCCCCCCCCCCC(=O)Nc1ccccc1Br. The van der Waals surface area contributed by atoms with Gasteiger partial charge in [-0.3, -0.25) is 4.79 Å². The Labute approximate surface area is 150 Å². The fraction of sp³-hybridized carbons (Fsp3) is 0.650. The molecule has 1 N–H and O–H groups in total. The van der Waals surface area contributed by atoms with Gasteiger partial charge < -0.3 is 5.32 Å². The molecular formula is C20H32BrNO. The number of amides is 1. The summed E-state index contributed by atoms with van der Waals surface area (Å²) in [6.45, 7) is 2.26. The zero-order valence-electron chi connectivity index (χ0n) is 14.6. The maximum atomic E-state index is 11.9. The molecule has 0 aliphatic carbocycles. The quantitative estimate of drug-likeness (QED) is 0.363. The second kappa shape index (κ2) is 13.6. The molecule has 3 heteroatoms. The van der Waals surface area contributed by atoms with Gasteiger partial charge in [-0.1, -0.05) is 83.3 Å². The highest BCUT2D eigenvalue weighted by Crippen LogP contribution is 2.21. The van der Waals surface area contributed by atoms with Gasteiger partial charge in [0.25, 0.3) is 0 Å². The molecule has 0 bridgehead atoms. The van der Waals surface area contributed by atoms with Crippen LogP contribution in [0.1, 0.15) is 84.0 Å². The second-order valence-corrected chi connectivity index (χ2v) is 7.17. The van der Waals surface area contributed by atoms with E-state index >= 15 is 0 Å². The van der Waals surface area contributed by atoms with Gasteiger partial charge in [0.1, 0.15) is 0 Å². The molecule has 2 nitrogen and oxygen atoms in total. The number of benzene rings is 1. The van der Waals surface area contributed by atoms with E-state index in [0.717, 1.165) is 16.6 Å². The highest BCUT2D eigenvalue weighted by atomic mass is 79.9. The predicted octanol–water partition coefficient (Wildman–Crippen LogP) is 7.09. The fourth-order valence-corrected chi connectivity index (χ4v) is 3.11. The van der Waals surface area contributed by atoms with Gasteiger partial charge in [0.05, 0.1) is 5.69 Å². The van der Waals surface area contributed by atoms with E-state index in [1.54, 1.807) is 0 Å². The minimum absolute atomic E-state index is 0.118. The van der Waals surface area contributed by atoms with Gasteiger partial charge in [0.15, 0.2) is 0 Å². The molecule has 0 unspecified atom stereocenters. The summed E-state index contributed by atoms with van der Waals surface area (Å²) in [4.78, 5) is 11.9. The van der Waals surface area contributed by atoms with Crippen LogP contribution in [-0.2, 0) is 4.79 Å². The first-order valence-electron chi connectivity index (χ1n) is 9.28. The smallest absolute Gasteiger partial charge is 0.224 e. The van der Waals surface area contributed by atoms with E-state index in [2.05, 4.69) is 28.2 Å². The van der Waals surface area contributed by atoms with Crippen molar-refractivity contribution in [2.45, 2.75) is 84.0 Å². The monoisotopic (exact) mass is 381 g/mol. The van der Waals surface area contributed by atoms with Crippen LogP contribution >= 0.6 is 15.9 Å². The Balaban J connectivity index is 1.93. The predicted molar refractivity (Wildman–Crippen MR) is 104 cm³/mol. The number of carbonyl (C=O) groups excluding carboxylic acids is 1. The van der Waals surface area contributed by atoms with Crippen LogP contribution in [0.25, 0.3) is 0 Å². The number of hydrogen-bond acceptors (Lipinski definition) is 1. The molecule has 1 amide bonds. The van der Waals surface area contributed by atoms with E-state index in [4.69, 9.17) is 0 Å². The number of rotatable bonds is 13. The molecule has 1 aromatic carbocycles. The topological polar surface area (TPSA) is 29.1 Å². The minimum atomic E-state index is 0.118. The lowest BCUT2D eigenvalue weighted by atomic mass is 10.1. The first kappa shape index (κ1) is 20.2. The third-order valence-electron chi connectivity index (χ3n) is 4.16. The van der Waals surface area contributed by atoms with Gasteiger partial charge in [-0.05, 0) is 34.5 Å². The van der Waals surface area contributed by atoms with Gasteiger partial charge in [-0.25, -0.2) is 0 Å². The summed E-state index contributed by atoms with van der Waals surface area (Å²) in [5, 5.41) is 2.96. The second-order valence-electron chi connectivity index (χ2n) is 6.31. The van der Waals surface area contributed by atoms with Gasteiger partial charge in [-0.15, -0.1) is 0 Å². The van der Waals surface area contributed by atoms with Crippen molar-refractivity contribution in [1.82, 2.24) is 0 Å². The Bertz CT molecular complexity index is 433. The molecule has 0 aliphatic rings. The molecule has 1 rings (SSSR count). The standard InChI is InChI=1S/C20H32BrNO/c1-2-3-4-5-6-7-8-9-10-11-12-17-20(23)22-19-16-14-13-15-18(19)21/h13-16H,2-12,17H2,1H3,(H,22,23). The van der Waals surface area contributed by atoms with Crippen LogP contribution in [0, 0.1) is 0 Å². The van der Waals surface area contributed by atoms with Crippen LogP contribution in [0.15, 0.2) is 28.7 Å². The zero-order valence-corrected chi connectivity index (χ0v) is 16.2. The summed E-state index contributed by atoms with van der Waals surface area (Å²) in [6, 6.07) is 7.74. The highest BCUT2D eigenvalue weighted by Gasteiger charge is 2.04. The van der Waals surface area contributed by atoms with Crippen LogP contribution in [0.4, 0.5) is 5.69 Å². The van der Waals surface area contributed by atoms with Crippen LogP contribution in [0.3, 0.4) is 0 Å². The van der Waals surface area contributed by atoms with Gasteiger partial charge in [0.2, 0.25) is 5.91 Å². The summed E-state index contributed by atoms with van der Waals surface area (Å²) >= 11 is 3.45. The molecular weight excluding hydrogens is 350 g/mol. The lowest BCUT2D eigenvalue weighted by Gasteiger charge is -2.07. The van der Waals surface area contributed by atoms with Crippen LogP contribution in [-0.4, -0.2) is 5.91 Å². The largest absolute Gasteiger partial charge is 0.325 e. The maximum absolute atomic E-state index is 11.9. The normalized spacial score (nSPS) is 10.7. The van der Waals surface area contributed by atoms with Gasteiger partial charge >= 0.3 is 0 Å². The summed E-state index contributed by atoms with van der Waals surface area (Å²) in [5.41, 5.74) is 0.862. The van der Waals surface area contributed by atoms with E-state index in [-0.39, 0.29) is 5.91 Å². The molecule has 0 atom stereocenters. The Kier molecular flexibility index (Phi) is 11.9. The fourth-order valence-electron chi connectivity index (χ4n) is 2.73. The molecule has 0 saturated heterocycles. The van der Waals surface area contributed by atoms with E-state index in [0.29, 0.717) is 6.42 Å². The molecule has 0 fully saturated rings.